The lowest BCUT2D eigenvalue weighted by Crippen LogP contribution is -1.96. The Hall–Kier alpha value is -0.850. The van der Waals surface area contributed by atoms with Crippen LogP contribution in [0.2, 0.25) is 0 Å². The summed E-state index contributed by atoms with van der Waals surface area (Å²) in [4.78, 5) is 6.64. The predicted molar refractivity (Wildman–Crippen MR) is 68.1 cm³/mol. The van der Waals surface area contributed by atoms with Crippen LogP contribution in [0.3, 0.4) is 0 Å². The van der Waals surface area contributed by atoms with Crippen molar-refractivity contribution in [2.24, 2.45) is 0 Å². The van der Waals surface area contributed by atoms with Gasteiger partial charge in [0.05, 0.1) is 4.88 Å². The van der Waals surface area contributed by atoms with E-state index < -0.39 is 6.10 Å². The highest BCUT2D eigenvalue weighted by atomic mass is 32.2. The molecule has 0 aliphatic carbocycles. The van der Waals surface area contributed by atoms with Gasteiger partial charge in [0, 0.05) is 10.6 Å². The average Bonchev–Trinajstić information content (AvgIpc) is 2.95. The van der Waals surface area contributed by atoms with Gasteiger partial charge in [-0.25, -0.2) is 0 Å². The van der Waals surface area contributed by atoms with Gasteiger partial charge in [-0.2, -0.15) is 16.7 Å². The summed E-state index contributed by atoms with van der Waals surface area (Å²) in [5.74, 6) is 3.13. The SMILES string of the molecule is CC(O)c1noc(-c2cc3c(s2)CCSC3)n1. The summed E-state index contributed by atoms with van der Waals surface area (Å²) in [6.45, 7) is 1.63. The minimum atomic E-state index is -0.683. The molecule has 0 amide bonds. The molecule has 0 spiro atoms. The third kappa shape index (κ3) is 2.12. The van der Waals surface area contributed by atoms with E-state index in [1.54, 1.807) is 18.3 Å². The van der Waals surface area contributed by atoms with Crippen LogP contribution in [-0.2, 0) is 12.2 Å². The van der Waals surface area contributed by atoms with E-state index in [2.05, 4.69) is 16.2 Å². The highest BCUT2D eigenvalue weighted by Gasteiger charge is 2.19. The molecule has 6 heteroatoms. The largest absolute Gasteiger partial charge is 0.385 e. The van der Waals surface area contributed by atoms with Gasteiger partial charge in [0.1, 0.15) is 6.10 Å². The van der Waals surface area contributed by atoms with E-state index in [9.17, 15) is 5.11 Å². The first kappa shape index (κ1) is 11.3. The molecular weight excluding hydrogens is 256 g/mol. The summed E-state index contributed by atoms with van der Waals surface area (Å²) < 4.78 is 5.17. The fourth-order valence-electron chi connectivity index (χ4n) is 1.76. The second-order valence-corrected chi connectivity index (χ2v) is 6.24. The van der Waals surface area contributed by atoms with Crippen molar-refractivity contribution in [2.45, 2.75) is 25.2 Å². The minimum Gasteiger partial charge on any atom is -0.385 e. The van der Waals surface area contributed by atoms with Crippen molar-refractivity contribution < 1.29 is 9.63 Å². The van der Waals surface area contributed by atoms with Crippen LogP contribution in [0.25, 0.3) is 10.8 Å². The first-order valence-corrected chi connectivity index (χ1v) is 7.42. The van der Waals surface area contributed by atoms with E-state index in [1.165, 1.54) is 16.2 Å². The number of hydrogen-bond donors (Lipinski definition) is 1. The van der Waals surface area contributed by atoms with Crippen molar-refractivity contribution in [1.82, 2.24) is 10.1 Å². The number of aryl methyl sites for hydroxylation is 1. The maximum Gasteiger partial charge on any atom is 0.268 e. The Morgan fingerprint density at radius 2 is 2.41 bits per heavy atom. The molecule has 90 valence electrons. The third-order valence-electron chi connectivity index (χ3n) is 2.65. The van der Waals surface area contributed by atoms with Gasteiger partial charge in [-0.3, -0.25) is 0 Å². The van der Waals surface area contributed by atoms with Gasteiger partial charge < -0.3 is 9.63 Å². The third-order valence-corrected chi connectivity index (χ3v) is 4.89. The molecule has 0 fully saturated rings. The van der Waals surface area contributed by atoms with Crippen molar-refractivity contribution >= 4 is 23.1 Å². The fraction of sp³-hybridized carbons (Fsp3) is 0.455. The lowest BCUT2D eigenvalue weighted by atomic mass is 10.2. The first-order valence-electron chi connectivity index (χ1n) is 5.45. The van der Waals surface area contributed by atoms with Gasteiger partial charge in [0.15, 0.2) is 5.82 Å². The Morgan fingerprint density at radius 1 is 1.53 bits per heavy atom. The quantitative estimate of drug-likeness (QED) is 0.907. The number of fused-ring (bicyclic) bond motifs is 1. The monoisotopic (exact) mass is 268 g/mol. The number of thiophene rings is 1. The Bertz CT molecular complexity index is 510. The molecule has 1 aliphatic heterocycles. The predicted octanol–water partition coefficient (Wildman–Crippen LogP) is 2.64. The molecule has 1 N–H and O–H groups in total. The second-order valence-electron chi connectivity index (χ2n) is 4.00. The highest BCUT2D eigenvalue weighted by molar-refractivity contribution is 7.98. The summed E-state index contributed by atoms with van der Waals surface area (Å²) in [7, 11) is 0. The van der Waals surface area contributed by atoms with Crippen molar-refractivity contribution in [3.05, 3.63) is 22.3 Å². The smallest absolute Gasteiger partial charge is 0.268 e. The van der Waals surface area contributed by atoms with Crippen LogP contribution >= 0.6 is 23.1 Å². The number of aromatic nitrogens is 2. The molecule has 0 saturated heterocycles. The van der Waals surface area contributed by atoms with Crippen LogP contribution in [0.5, 0.6) is 0 Å². The van der Waals surface area contributed by atoms with Gasteiger partial charge in [-0.05, 0) is 30.7 Å². The Morgan fingerprint density at radius 3 is 3.12 bits per heavy atom. The number of thioether (sulfide) groups is 1. The van der Waals surface area contributed by atoms with Crippen LogP contribution < -0.4 is 0 Å². The zero-order valence-corrected chi connectivity index (χ0v) is 11.0. The molecule has 1 atom stereocenters. The van der Waals surface area contributed by atoms with E-state index >= 15 is 0 Å². The van der Waals surface area contributed by atoms with E-state index in [1.807, 2.05) is 11.8 Å². The zero-order valence-electron chi connectivity index (χ0n) is 9.34. The minimum absolute atomic E-state index is 0.348. The second kappa shape index (κ2) is 4.44. The number of aliphatic hydroxyl groups is 1. The zero-order chi connectivity index (χ0) is 11.8. The van der Waals surface area contributed by atoms with E-state index in [0.717, 1.165) is 17.1 Å². The lowest BCUT2D eigenvalue weighted by molar-refractivity contribution is 0.184. The fourth-order valence-corrected chi connectivity index (χ4v) is 4.05. The Balaban J connectivity index is 1.94. The lowest BCUT2D eigenvalue weighted by Gasteiger charge is -2.08. The number of aliphatic hydroxyl groups excluding tert-OH is 1. The molecule has 0 bridgehead atoms. The number of rotatable bonds is 2. The molecular formula is C11H12N2O2S2. The molecule has 0 aromatic carbocycles. The van der Waals surface area contributed by atoms with Gasteiger partial charge in [0.25, 0.3) is 5.89 Å². The number of nitrogens with zero attached hydrogens (tertiary/aromatic N) is 2. The molecule has 2 aromatic rings. The van der Waals surface area contributed by atoms with Crippen molar-refractivity contribution in [1.29, 1.82) is 0 Å². The molecule has 0 radical (unpaired) electrons. The molecule has 0 saturated carbocycles. The van der Waals surface area contributed by atoms with Gasteiger partial charge >= 0.3 is 0 Å². The Kier molecular flexibility index (Phi) is 2.94. The van der Waals surface area contributed by atoms with Crippen LogP contribution in [0.15, 0.2) is 10.6 Å². The highest BCUT2D eigenvalue weighted by Crippen LogP contribution is 2.36. The average molecular weight is 268 g/mol. The number of hydrogen-bond acceptors (Lipinski definition) is 6. The van der Waals surface area contributed by atoms with Crippen LogP contribution in [0.1, 0.15) is 29.3 Å². The van der Waals surface area contributed by atoms with Gasteiger partial charge in [0.2, 0.25) is 0 Å². The van der Waals surface area contributed by atoms with Gasteiger partial charge in [-0.1, -0.05) is 5.16 Å². The Labute approximate surface area is 107 Å². The molecule has 1 aliphatic rings. The van der Waals surface area contributed by atoms with Crippen LogP contribution in [0.4, 0.5) is 0 Å². The van der Waals surface area contributed by atoms with Crippen LogP contribution in [0, 0.1) is 0 Å². The molecule has 1 unspecified atom stereocenters. The van der Waals surface area contributed by atoms with E-state index in [-0.39, 0.29) is 0 Å². The van der Waals surface area contributed by atoms with Crippen molar-refractivity contribution in [3.63, 3.8) is 0 Å². The molecule has 3 heterocycles. The first-order chi connectivity index (χ1) is 8.24. The standard InChI is InChI=1S/C11H12N2O2S2/c1-6(14)10-12-11(15-13-10)9-4-7-5-16-3-2-8(7)17-9/h4,6,14H,2-3,5H2,1H3. The topological polar surface area (TPSA) is 59.2 Å². The van der Waals surface area contributed by atoms with Crippen molar-refractivity contribution in [2.75, 3.05) is 5.75 Å². The summed E-state index contributed by atoms with van der Waals surface area (Å²) in [5, 5.41) is 13.1. The summed E-state index contributed by atoms with van der Waals surface area (Å²) in [6, 6.07) is 2.13. The molecule has 17 heavy (non-hydrogen) atoms. The van der Waals surface area contributed by atoms with E-state index in [4.69, 9.17) is 4.52 Å². The summed E-state index contributed by atoms with van der Waals surface area (Å²) in [5.41, 5.74) is 1.39. The summed E-state index contributed by atoms with van der Waals surface area (Å²) in [6.07, 6.45) is 0.444. The normalized spacial score (nSPS) is 16.8. The van der Waals surface area contributed by atoms with E-state index in [0.29, 0.717) is 11.7 Å². The maximum atomic E-state index is 9.36. The molecule has 3 rings (SSSR count). The van der Waals surface area contributed by atoms with Crippen molar-refractivity contribution in [3.8, 4) is 10.8 Å². The van der Waals surface area contributed by atoms with Crippen LogP contribution in [-0.4, -0.2) is 21.0 Å². The maximum absolute atomic E-state index is 9.36. The molecule has 2 aromatic heterocycles. The molecule has 4 nitrogen and oxygen atoms in total. The van der Waals surface area contributed by atoms with Gasteiger partial charge in [-0.15, -0.1) is 11.3 Å². The summed E-state index contributed by atoms with van der Waals surface area (Å²) >= 11 is 3.68.